The number of ether oxygens (including phenoxy) is 1. The monoisotopic (exact) mass is 230 g/mol. The molecule has 1 saturated heterocycles. The summed E-state index contributed by atoms with van der Waals surface area (Å²) in [5, 5.41) is 0. The van der Waals surface area contributed by atoms with Crippen molar-refractivity contribution in [1.82, 2.24) is 0 Å². The summed E-state index contributed by atoms with van der Waals surface area (Å²) in [5.74, 6) is 0. The quantitative estimate of drug-likeness (QED) is 0.677. The van der Waals surface area contributed by atoms with E-state index in [4.69, 9.17) is 4.74 Å². The molecule has 0 aromatic rings. The molecule has 0 aliphatic carbocycles. The van der Waals surface area contributed by atoms with Crippen LogP contribution >= 0.6 is 15.9 Å². The lowest BCUT2D eigenvalue weighted by Crippen LogP contribution is -2.26. The Morgan fingerprint density at radius 1 is 1.42 bits per heavy atom. The van der Waals surface area contributed by atoms with Gasteiger partial charge < -0.3 is 4.74 Å². The van der Waals surface area contributed by atoms with Crippen molar-refractivity contribution in [3.8, 4) is 0 Å². The molecule has 0 N–H and O–H groups in total. The van der Waals surface area contributed by atoms with Crippen molar-refractivity contribution >= 4 is 15.9 Å². The van der Waals surface area contributed by atoms with E-state index >= 15 is 0 Å². The van der Waals surface area contributed by atoms with Crippen molar-refractivity contribution in [3.63, 3.8) is 0 Å². The molecule has 0 amide bonds. The lowest BCUT2D eigenvalue weighted by atomic mass is 9.78. The van der Waals surface area contributed by atoms with Gasteiger partial charge in [-0.05, 0) is 29.7 Å². The van der Waals surface area contributed by atoms with Gasteiger partial charge in [0.05, 0.1) is 0 Å². The largest absolute Gasteiger partial charge is 0.381 e. The van der Waals surface area contributed by atoms with Gasteiger partial charge in [0.1, 0.15) is 0 Å². The topological polar surface area (TPSA) is 9.23 Å². The molecule has 1 aliphatic heterocycles. The summed E-state index contributed by atoms with van der Waals surface area (Å²) in [5.41, 5.74) is 0.309. The van der Waals surface area contributed by atoms with Crippen LogP contribution in [-0.2, 0) is 4.74 Å². The normalized spacial score (nSPS) is 22.8. The van der Waals surface area contributed by atoms with Crippen molar-refractivity contribution in [2.24, 2.45) is 5.41 Å². The predicted octanol–water partition coefficient (Wildman–Crippen LogP) is 3.27. The molecule has 0 unspecified atom stereocenters. The molecule has 2 heteroatoms. The molecule has 1 rings (SSSR count). The minimum absolute atomic E-state index is 0.309. The Morgan fingerprint density at radius 3 is 2.58 bits per heavy atom. The average Bonchev–Trinajstić information content (AvgIpc) is 2.07. The number of halogens is 1. The van der Waals surface area contributed by atoms with Gasteiger partial charge in [-0.15, -0.1) is 6.58 Å². The second kappa shape index (κ2) is 4.83. The van der Waals surface area contributed by atoms with E-state index in [9.17, 15) is 0 Å². The van der Waals surface area contributed by atoms with E-state index in [0.717, 1.165) is 32.5 Å². The van der Waals surface area contributed by atoms with E-state index in [1.807, 2.05) is 11.1 Å². The van der Waals surface area contributed by atoms with E-state index < -0.39 is 0 Å². The molecule has 0 aromatic carbocycles. The van der Waals surface area contributed by atoms with Crippen molar-refractivity contribution in [3.05, 3.63) is 23.7 Å². The zero-order valence-electron chi connectivity index (χ0n) is 7.26. The van der Waals surface area contributed by atoms with Gasteiger partial charge in [0.2, 0.25) is 0 Å². The van der Waals surface area contributed by atoms with Gasteiger partial charge in [0, 0.05) is 13.2 Å². The number of allylic oxidation sites excluding steroid dienone is 2. The van der Waals surface area contributed by atoms with Crippen molar-refractivity contribution in [2.45, 2.75) is 19.3 Å². The van der Waals surface area contributed by atoms with Gasteiger partial charge in [-0.3, -0.25) is 0 Å². The maximum Gasteiger partial charge on any atom is 0.0474 e. The van der Waals surface area contributed by atoms with Crippen LogP contribution in [0.5, 0.6) is 0 Å². The predicted molar refractivity (Wildman–Crippen MR) is 55.4 cm³/mol. The Balaban J connectivity index is 2.62. The summed E-state index contributed by atoms with van der Waals surface area (Å²) in [6, 6.07) is 0. The molecular weight excluding hydrogens is 216 g/mol. The molecule has 12 heavy (non-hydrogen) atoms. The minimum Gasteiger partial charge on any atom is -0.381 e. The van der Waals surface area contributed by atoms with E-state index in [2.05, 4.69) is 28.6 Å². The Hall–Kier alpha value is -0.0800. The number of hydrogen-bond donors (Lipinski definition) is 0. The highest BCUT2D eigenvalue weighted by atomic mass is 79.9. The zero-order chi connectivity index (χ0) is 8.86. The van der Waals surface area contributed by atoms with Crippen LogP contribution < -0.4 is 0 Å². The van der Waals surface area contributed by atoms with E-state index in [1.54, 1.807) is 0 Å². The first kappa shape index (κ1) is 10.0. The second-order valence-electron chi connectivity index (χ2n) is 3.26. The van der Waals surface area contributed by atoms with Gasteiger partial charge in [0.25, 0.3) is 0 Å². The molecule has 1 aliphatic rings. The average molecular weight is 231 g/mol. The third-order valence-corrected chi connectivity index (χ3v) is 2.72. The summed E-state index contributed by atoms with van der Waals surface area (Å²) in [4.78, 5) is 1.96. The molecule has 0 spiro atoms. The first-order valence-corrected chi connectivity index (χ1v) is 5.21. The second-order valence-corrected chi connectivity index (χ2v) is 3.79. The summed E-state index contributed by atoms with van der Waals surface area (Å²) in [6.45, 7) is 5.55. The molecule has 0 bridgehead atoms. The van der Waals surface area contributed by atoms with E-state index in [1.165, 1.54) is 0 Å². The van der Waals surface area contributed by atoms with Crippen molar-refractivity contribution in [2.75, 3.05) is 13.2 Å². The molecular formula is C10H15BrO. The third kappa shape index (κ3) is 2.46. The van der Waals surface area contributed by atoms with Crippen LogP contribution in [0.1, 0.15) is 19.3 Å². The maximum atomic E-state index is 5.33. The molecule has 1 nitrogen and oxygen atoms in total. The number of hydrogen-bond acceptors (Lipinski definition) is 1. The van der Waals surface area contributed by atoms with Crippen LogP contribution in [0.15, 0.2) is 23.7 Å². The van der Waals surface area contributed by atoms with Gasteiger partial charge in [-0.2, -0.15) is 0 Å². The maximum absolute atomic E-state index is 5.33. The highest BCUT2D eigenvalue weighted by Crippen LogP contribution is 2.36. The highest BCUT2D eigenvalue weighted by Gasteiger charge is 2.27. The van der Waals surface area contributed by atoms with Gasteiger partial charge in [-0.25, -0.2) is 0 Å². The van der Waals surface area contributed by atoms with Crippen LogP contribution in [0.2, 0.25) is 0 Å². The Morgan fingerprint density at radius 2 is 2.08 bits per heavy atom. The molecule has 0 atom stereocenters. The molecule has 1 heterocycles. The molecule has 68 valence electrons. The molecule has 0 aromatic heterocycles. The van der Waals surface area contributed by atoms with Gasteiger partial charge in [0.15, 0.2) is 0 Å². The summed E-state index contributed by atoms with van der Waals surface area (Å²) < 4.78 is 5.33. The third-order valence-electron chi connectivity index (χ3n) is 2.46. The van der Waals surface area contributed by atoms with Crippen LogP contribution in [-0.4, -0.2) is 13.2 Å². The fourth-order valence-electron chi connectivity index (χ4n) is 1.64. The van der Waals surface area contributed by atoms with Crippen LogP contribution in [0.3, 0.4) is 0 Å². The smallest absolute Gasteiger partial charge is 0.0474 e. The van der Waals surface area contributed by atoms with Crippen LogP contribution in [0, 0.1) is 5.41 Å². The lowest BCUT2D eigenvalue weighted by Gasteiger charge is -2.33. The lowest BCUT2D eigenvalue weighted by molar-refractivity contribution is 0.0386. The standard InChI is InChI=1S/C10H15BrO/c1-2-3-10(4-7-11)5-8-12-9-6-10/h2,4,7H,1,3,5-6,8-9H2/b7-4+. The fraction of sp³-hybridized carbons (Fsp3) is 0.600. The van der Waals surface area contributed by atoms with Gasteiger partial charge in [-0.1, -0.05) is 28.1 Å². The Bertz CT molecular complexity index is 169. The van der Waals surface area contributed by atoms with Crippen LogP contribution in [0.25, 0.3) is 0 Å². The first-order valence-electron chi connectivity index (χ1n) is 4.29. The van der Waals surface area contributed by atoms with Crippen molar-refractivity contribution < 1.29 is 4.74 Å². The molecule has 0 radical (unpaired) electrons. The van der Waals surface area contributed by atoms with E-state index in [-0.39, 0.29) is 0 Å². The Labute approximate surface area is 82.6 Å². The Kier molecular flexibility index (Phi) is 4.02. The van der Waals surface area contributed by atoms with Crippen molar-refractivity contribution in [1.29, 1.82) is 0 Å². The highest BCUT2D eigenvalue weighted by molar-refractivity contribution is 9.11. The minimum atomic E-state index is 0.309. The first-order chi connectivity index (χ1) is 5.83. The summed E-state index contributed by atoms with van der Waals surface area (Å²) in [7, 11) is 0. The molecule has 0 saturated carbocycles. The zero-order valence-corrected chi connectivity index (χ0v) is 8.85. The SMILES string of the molecule is C=CCC1(/C=C/Br)CCOCC1. The number of rotatable bonds is 3. The fourth-order valence-corrected chi connectivity index (χ4v) is 2.20. The van der Waals surface area contributed by atoms with Crippen LogP contribution in [0.4, 0.5) is 0 Å². The summed E-state index contributed by atoms with van der Waals surface area (Å²) >= 11 is 3.33. The van der Waals surface area contributed by atoms with Gasteiger partial charge >= 0.3 is 0 Å². The molecule has 1 fully saturated rings. The summed E-state index contributed by atoms with van der Waals surface area (Å²) in [6.07, 6.45) is 7.51. The van der Waals surface area contributed by atoms with E-state index in [0.29, 0.717) is 5.41 Å².